The number of benzene rings is 2. The number of aryl methyl sites for hydroxylation is 2. The first-order chi connectivity index (χ1) is 15.9. The molecule has 0 saturated heterocycles. The minimum atomic E-state index is -0.357. The van der Waals surface area contributed by atoms with Gasteiger partial charge in [-0.1, -0.05) is 17.8 Å². The van der Waals surface area contributed by atoms with Crippen molar-refractivity contribution >= 4 is 34.3 Å². The summed E-state index contributed by atoms with van der Waals surface area (Å²) in [6, 6.07) is 13.2. The van der Waals surface area contributed by atoms with Crippen LogP contribution >= 0.6 is 11.8 Å². The van der Waals surface area contributed by atoms with Crippen molar-refractivity contribution in [1.82, 2.24) is 14.8 Å². The maximum absolute atomic E-state index is 12.2. The summed E-state index contributed by atoms with van der Waals surface area (Å²) in [6.45, 7) is 5.55. The van der Waals surface area contributed by atoms with Crippen LogP contribution in [-0.4, -0.2) is 20.7 Å². The second-order valence-corrected chi connectivity index (χ2v) is 9.44. The van der Waals surface area contributed by atoms with Crippen molar-refractivity contribution in [3.63, 3.8) is 0 Å². The van der Waals surface area contributed by atoms with Crippen LogP contribution in [-0.2, 0) is 10.5 Å². The maximum Gasteiger partial charge on any atom is 0.336 e. The summed E-state index contributed by atoms with van der Waals surface area (Å²) in [6.07, 6.45) is 2.19. The van der Waals surface area contributed by atoms with Crippen LogP contribution in [0.4, 0.5) is 5.69 Å². The lowest BCUT2D eigenvalue weighted by atomic mass is 10.0. The summed E-state index contributed by atoms with van der Waals surface area (Å²) in [5.74, 6) is 1.76. The van der Waals surface area contributed by atoms with Gasteiger partial charge in [0.2, 0.25) is 5.91 Å². The summed E-state index contributed by atoms with van der Waals surface area (Å²) in [5.41, 5.74) is 5.01. The molecule has 0 spiro atoms. The number of nitrogens with zero attached hydrogens (tertiary/aromatic N) is 3. The maximum atomic E-state index is 12.2. The molecule has 0 unspecified atom stereocenters. The average Bonchev–Trinajstić information content (AvgIpc) is 3.52. The summed E-state index contributed by atoms with van der Waals surface area (Å²) in [5, 5.41) is 13.5. The Morgan fingerprint density at radius 1 is 1.15 bits per heavy atom. The number of carbonyl (C=O) groups is 1. The molecule has 1 saturated carbocycles. The van der Waals surface area contributed by atoms with Gasteiger partial charge < -0.3 is 9.73 Å². The molecule has 33 heavy (non-hydrogen) atoms. The monoisotopic (exact) mass is 460 g/mol. The van der Waals surface area contributed by atoms with Crippen LogP contribution in [0.15, 0.2) is 56.8 Å². The first-order valence-electron chi connectivity index (χ1n) is 10.9. The molecule has 0 radical (unpaired) electrons. The molecule has 4 aromatic rings. The van der Waals surface area contributed by atoms with Crippen molar-refractivity contribution in [2.24, 2.45) is 0 Å². The molecular weight excluding hydrogens is 436 g/mol. The van der Waals surface area contributed by atoms with E-state index in [0.717, 1.165) is 57.3 Å². The molecule has 2 aromatic carbocycles. The molecule has 168 valence electrons. The minimum absolute atomic E-state index is 0.117. The van der Waals surface area contributed by atoms with Gasteiger partial charge in [-0.3, -0.25) is 9.36 Å². The Balaban J connectivity index is 1.52. The second-order valence-electron chi connectivity index (χ2n) is 8.49. The van der Waals surface area contributed by atoms with Crippen molar-refractivity contribution in [2.45, 2.75) is 50.4 Å². The van der Waals surface area contributed by atoms with Gasteiger partial charge in [0.25, 0.3) is 0 Å². The number of thioether (sulfide) groups is 1. The van der Waals surface area contributed by atoms with E-state index >= 15 is 0 Å². The Kier molecular flexibility index (Phi) is 5.54. The van der Waals surface area contributed by atoms with E-state index in [4.69, 9.17) is 4.42 Å². The molecule has 1 aliphatic carbocycles. The Bertz CT molecular complexity index is 1440. The fourth-order valence-electron chi connectivity index (χ4n) is 3.89. The zero-order chi connectivity index (χ0) is 23.1. The number of carbonyl (C=O) groups excluding carboxylic acids is 1. The normalized spacial score (nSPS) is 13.4. The van der Waals surface area contributed by atoms with Gasteiger partial charge in [-0.2, -0.15) is 0 Å². The Labute approximate surface area is 195 Å². The Hall–Kier alpha value is -3.39. The number of fused-ring (bicyclic) bond motifs is 1. The van der Waals surface area contributed by atoms with E-state index in [9.17, 15) is 9.59 Å². The number of hydrogen-bond donors (Lipinski definition) is 1. The number of hydrogen-bond acceptors (Lipinski definition) is 6. The third-order valence-corrected chi connectivity index (χ3v) is 6.80. The Morgan fingerprint density at radius 3 is 2.70 bits per heavy atom. The molecule has 8 heteroatoms. The largest absolute Gasteiger partial charge is 0.423 e. The lowest BCUT2D eigenvalue weighted by Crippen LogP contribution is -2.07. The van der Waals surface area contributed by atoms with Gasteiger partial charge >= 0.3 is 5.63 Å². The topological polar surface area (TPSA) is 90.0 Å². The first kappa shape index (κ1) is 21.5. The van der Waals surface area contributed by atoms with E-state index in [1.165, 1.54) is 18.7 Å². The third kappa shape index (κ3) is 4.43. The third-order valence-electron chi connectivity index (χ3n) is 5.83. The molecule has 0 atom stereocenters. The number of anilines is 1. The molecule has 5 rings (SSSR count). The van der Waals surface area contributed by atoms with Crippen molar-refractivity contribution in [1.29, 1.82) is 0 Å². The molecular formula is C25H24N4O3S. The highest BCUT2D eigenvalue weighted by atomic mass is 32.2. The van der Waals surface area contributed by atoms with Gasteiger partial charge in [-0.15, -0.1) is 10.2 Å². The van der Waals surface area contributed by atoms with Gasteiger partial charge in [0.1, 0.15) is 11.4 Å². The number of rotatable bonds is 6. The van der Waals surface area contributed by atoms with Gasteiger partial charge in [-0.25, -0.2) is 4.79 Å². The molecule has 2 aromatic heterocycles. The van der Waals surface area contributed by atoms with E-state index in [2.05, 4.69) is 33.1 Å². The van der Waals surface area contributed by atoms with Crippen molar-refractivity contribution in [3.05, 3.63) is 75.4 Å². The smallest absolute Gasteiger partial charge is 0.336 e. The molecule has 1 amide bonds. The molecule has 1 aliphatic rings. The second kappa shape index (κ2) is 8.51. The molecule has 7 nitrogen and oxygen atoms in total. The molecule has 0 aliphatic heterocycles. The zero-order valence-electron chi connectivity index (χ0n) is 18.7. The number of amides is 1. The van der Waals surface area contributed by atoms with Gasteiger partial charge in [0.05, 0.1) is 5.69 Å². The summed E-state index contributed by atoms with van der Waals surface area (Å²) >= 11 is 1.54. The van der Waals surface area contributed by atoms with E-state index in [0.29, 0.717) is 17.3 Å². The SMILES string of the molecule is CC(=O)Nc1cccc(-n2c(SCc3cc(=O)oc4cc(C)c(C)cc34)nnc2C2CC2)c1. The highest BCUT2D eigenvalue weighted by Gasteiger charge is 2.31. The van der Waals surface area contributed by atoms with Crippen molar-refractivity contribution in [3.8, 4) is 5.69 Å². The van der Waals surface area contributed by atoms with Gasteiger partial charge in [0, 0.05) is 35.7 Å². The minimum Gasteiger partial charge on any atom is -0.423 e. The van der Waals surface area contributed by atoms with Crippen LogP contribution < -0.4 is 10.9 Å². The Morgan fingerprint density at radius 2 is 1.94 bits per heavy atom. The van der Waals surface area contributed by atoms with Gasteiger partial charge in [0.15, 0.2) is 5.16 Å². The van der Waals surface area contributed by atoms with Crippen LogP contribution in [0.25, 0.3) is 16.7 Å². The highest BCUT2D eigenvalue weighted by Crippen LogP contribution is 2.41. The number of aromatic nitrogens is 3. The molecule has 2 heterocycles. The lowest BCUT2D eigenvalue weighted by Gasteiger charge is -2.12. The van der Waals surface area contributed by atoms with E-state index < -0.39 is 0 Å². The summed E-state index contributed by atoms with van der Waals surface area (Å²) < 4.78 is 7.51. The van der Waals surface area contributed by atoms with Crippen molar-refractivity contribution in [2.75, 3.05) is 5.32 Å². The summed E-state index contributed by atoms with van der Waals surface area (Å²) in [7, 11) is 0. The van der Waals surface area contributed by atoms with E-state index in [1.54, 1.807) is 6.07 Å². The summed E-state index contributed by atoms with van der Waals surface area (Å²) in [4.78, 5) is 23.7. The quantitative estimate of drug-likeness (QED) is 0.317. The van der Waals surface area contributed by atoms with Crippen LogP contribution in [0.2, 0.25) is 0 Å². The predicted octanol–water partition coefficient (Wildman–Crippen LogP) is 5.12. The van der Waals surface area contributed by atoms with Crippen LogP contribution in [0.5, 0.6) is 0 Å². The van der Waals surface area contributed by atoms with E-state index in [1.807, 2.05) is 37.3 Å². The number of nitrogens with one attached hydrogen (secondary N) is 1. The molecule has 1 fully saturated rings. The van der Waals surface area contributed by atoms with Gasteiger partial charge in [-0.05, 0) is 73.7 Å². The van der Waals surface area contributed by atoms with Crippen LogP contribution in [0.1, 0.15) is 48.2 Å². The fraction of sp³-hybridized carbons (Fsp3) is 0.280. The van der Waals surface area contributed by atoms with Crippen LogP contribution in [0.3, 0.4) is 0 Å². The average molecular weight is 461 g/mol. The van der Waals surface area contributed by atoms with Crippen LogP contribution in [0, 0.1) is 13.8 Å². The lowest BCUT2D eigenvalue weighted by molar-refractivity contribution is -0.114. The zero-order valence-corrected chi connectivity index (χ0v) is 19.5. The standard InChI is InChI=1S/C25H24N4O3S/c1-14-9-21-18(11-23(31)32-22(21)10-15(14)2)13-33-25-28-27-24(17-7-8-17)29(25)20-6-4-5-19(12-20)26-16(3)30/h4-6,9-12,17H,7-8,13H2,1-3H3,(H,26,30). The highest BCUT2D eigenvalue weighted by molar-refractivity contribution is 7.98. The predicted molar refractivity (Wildman–Crippen MR) is 129 cm³/mol. The molecule has 0 bridgehead atoms. The molecule has 1 N–H and O–H groups in total. The fourth-order valence-corrected chi connectivity index (χ4v) is 4.84. The van der Waals surface area contributed by atoms with E-state index in [-0.39, 0.29) is 11.5 Å². The van der Waals surface area contributed by atoms with Crippen molar-refractivity contribution < 1.29 is 9.21 Å². The first-order valence-corrected chi connectivity index (χ1v) is 11.9.